The number of nitrogens with zero attached hydrogens (tertiary/aromatic N) is 5. The lowest BCUT2D eigenvalue weighted by atomic mass is 9.88. The first-order chi connectivity index (χ1) is 17.9. The minimum absolute atomic E-state index is 0.203. The minimum Gasteiger partial charge on any atom is -0.465 e. The summed E-state index contributed by atoms with van der Waals surface area (Å²) in [5.41, 5.74) is 11.7. The van der Waals surface area contributed by atoms with Crippen LogP contribution in [0, 0.1) is 11.3 Å². The lowest BCUT2D eigenvalue weighted by Crippen LogP contribution is -2.35. The normalized spacial score (nSPS) is 15.4. The fourth-order valence-corrected chi connectivity index (χ4v) is 5.47. The van der Waals surface area contributed by atoms with Gasteiger partial charge in [-0.05, 0) is 86.3 Å². The Morgan fingerprint density at radius 2 is 1.86 bits per heavy atom. The summed E-state index contributed by atoms with van der Waals surface area (Å²) in [6.07, 6.45) is 3.89. The van der Waals surface area contributed by atoms with Crippen LogP contribution in [0.15, 0.2) is 54.7 Å². The minimum atomic E-state index is -0.306. The van der Waals surface area contributed by atoms with E-state index < -0.39 is 0 Å². The van der Waals surface area contributed by atoms with E-state index in [-0.39, 0.29) is 12.0 Å². The summed E-state index contributed by atoms with van der Waals surface area (Å²) in [7, 11) is 3.45. The number of hydrogen-bond acceptors (Lipinski definition) is 7. The number of piperidine rings is 1. The van der Waals surface area contributed by atoms with Crippen LogP contribution in [0.1, 0.15) is 59.0 Å². The van der Waals surface area contributed by atoms with Crippen LogP contribution < -0.4 is 5.73 Å². The molecule has 37 heavy (non-hydrogen) atoms. The van der Waals surface area contributed by atoms with Gasteiger partial charge in [0.05, 0.1) is 12.7 Å². The van der Waals surface area contributed by atoms with Gasteiger partial charge in [0.1, 0.15) is 17.5 Å². The zero-order valence-corrected chi connectivity index (χ0v) is 21.3. The first-order valence-corrected chi connectivity index (χ1v) is 12.4. The van der Waals surface area contributed by atoms with Crippen LogP contribution in [0.3, 0.4) is 0 Å². The maximum Gasteiger partial charge on any atom is 0.337 e. The topological polar surface area (TPSA) is 110 Å². The second-order valence-corrected chi connectivity index (χ2v) is 9.57. The molecule has 0 amide bonds. The van der Waals surface area contributed by atoms with Crippen molar-refractivity contribution in [2.45, 2.75) is 31.7 Å². The SMILES string of the molecule is COC(=O)c1ccc(C2CCN([C@@H](C)c3cc4c(-c5ccc(N)nc5C#N)ccnc4n3C)CC2)cc1. The molecule has 3 aromatic heterocycles. The molecule has 4 heterocycles. The number of ether oxygens (including phenoxy) is 1. The quantitative estimate of drug-likeness (QED) is 0.396. The molecule has 1 aliphatic heterocycles. The number of carbonyl (C=O) groups excluding carboxylic acids is 1. The van der Waals surface area contributed by atoms with Gasteiger partial charge in [-0.25, -0.2) is 14.8 Å². The van der Waals surface area contributed by atoms with Crippen LogP contribution in [0.4, 0.5) is 5.82 Å². The summed E-state index contributed by atoms with van der Waals surface area (Å²) in [4.78, 5) is 23.1. The highest BCUT2D eigenvalue weighted by molar-refractivity contribution is 5.95. The van der Waals surface area contributed by atoms with Crippen molar-refractivity contribution >= 4 is 22.8 Å². The van der Waals surface area contributed by atoms with Crippen LogP contribution >= 0.6 is 0 Å². The van der Waals surface area contributed by atoms with E-state index in [0.717, 1.165) is 48.1 Å². The number of rotatable bonds is 5. The Morgan fingerprint density at radius 1 is 1.14 bits per heavy atom. The van der Waals surface area contributed by atoms with E-state index in [1.165, 1.54) is 18.4 Å². The van der Waals surface area contributed by atoms with Crippen molar-refractivity contribution in [1.82, 2.24) is 19.4 Å². The Morgan fingerprint density at radius 3 is 2.54 bits per heavy atom. The van der Waals surface area contributed by atoms with Crippen LogP contribution in [0.2, 0.25) is 0 Å². The van der Waals surface area contributed by atoms with Gasteiger partial charge in [-0.1, -0.05) is 12.1 Å². The summed E-state index contributed by atoms with van der Waals surface area (Å²) in [5, 5.41) is 10.6. The number of nitriles is 1. The fourth-order valence-electron chi connectivity index (χ4n) is 5.47. The van der Waals surface area contributed by atoms with Gasteiger partial charge < -0.3 is 15.0 Å². The number of fused-ring (bicyclic) bond motifs is 1. The zero-order chi connectivity index (χ0) is 26.1. The molecule has 1 aliphatic rings. The second kappa shape index (κ2) is 10.0. The fraction of sp³-hybridized carbons (Fsp3) is 0.310. The largest absolute Gasteiger partial charge is 0.465 e. The number of benzene rings is 1. The van der Waals surface area contributed by atoms with Crippen molar-refractivity contribution in [3.05, 3.63) is 77.2 Å². The number of esters is 1. The van der Waals surface area contributed by atoms with E-state index in [2.05, 4.69) is 50.6 Å². The summed E-state index contributed by atoms with van der Waals surface area (Å²) >= 11 is 0. The summed E-state index contributed by atoms with van der Waals surface area (Å²) in [6, 6.07) is 17.9. The lowest BCUT2D eigenvalue weighted by molar-refractivity contribution is 0.0600. The molecule has 8 heteroatoms. The van der Waals surface area contributed by atoms with Gasteiger partial charge in [0, 0.05) is 35.9 Å². The molecule has 0 radical (unpaired) electrons. The standard InChI is InChI=1S/C29H30N6O2/c1-18(35-14-11-20(12-15-35)19-4-6-21(7-5-19)29(36)37-3)26-16-24-22(10-13-32-28(24)34(26)2)23-8-9-27(31)33-25(23)17-30/h4-10,13,16,18,20H,11-12,14-15H2,1-3H3,(H2,31,33)/t18-/m0/s1. The van der Waals surface area contributed by atoms with Gasteiger partial charge in [-0.2, -0.15) is 5.26 Å². The molecule has 188 valence electrons. The average molecular weight is 495 g/mol. The molecular formula is C29H30N6O2. The van der Waals surface area contributed by atoms with E-state index in [0.29, 0.717) is 23.0 Å². The third-order valence-corrected chi connectivity index (χ3v) is 7.59. The number of aryl methyl sites for hydroxylation is 1. The maximum absolute atomic E-state index is 11.7. The number of carbonyl (C=O) groups is 1. The van der Waals surface area contributed by atoms with E-state index >= 15 is 0 Å². The molecular weight excluding hydrogens is 464 g/mol. The molecule has 5 rings (SSSR count). The van der Waals surface area contributed by atoms with Crippen molar-refractivity contribution in [3.63, 3.8) is 0 Å². The van der Waals surface area contributed by atoms with Gasteiger partial charge in [0.15, 0.2) is 5.69 Å². The number of hydrogen-bond donors (Lipinski definition) is 1. The van der Waals surface area contributed by atoms with Crippen LogP contribution in [0.5, 0.6) is 0 Å². The Balaban J connectivity index is 1.37. The molecule has 1 aromatic carbocycles. The molecule has 1 fully saturated rings. The highest BCUT2D eigenvalue weighted by Crippen LogP contribution is 2.36. The molecule has 0 unspecified atom stereocenters. The third-order valence-electron chi connectivity index (χ3n) is 7.59. The number of nitrogen functional groups attached to an aromatic ring is 1. The highest BCUT2D eigenvalue weighted by atomic mass is 16.5. The number of nitrogens with two attached hydrogens (primary N) is 1. The summed E-state index contributed by atoms with van der Waals surface area (Å²) in [6.45, 7) is 4.20. The van der Waals surface area contributed by atoms with E-state index in [4.69, 9.17) is 10.5 Å². The highest BCUT2D eigenvalue weighted by Gasteiger charge is 2.27. The van der Waals surface area contributed by atoms with Crippen molar-refractivity contribution in [1.29, 1.82) is 5.26 Å². The molecule has 0 saturated carbocycles. The number of pyridine rings is 2. The van der Waals surface area contributed by atoms with Gasteiger partial charge in [-0.3, -0.25) is 4.90 Å². The molecule has 8 nitrogen and oxygen atoms in total. The lowest BCUT2D eigenvalue weighted by Gasteiger charge is -2.36. The van der Waals surface area contributed by atoms with Gasteiger partial charge in [0.25, 0.3) is 0 Å². The van der Waals surface area contributed by atoms with Gasteiger partial charge in [0.2, 0.25) is 0 Å². The number of methoxy groups -OCH3 is 1. The molecule has 1 saturated heterocycles. The molecule has 1 atom stereocenters. The van der Waals surface area contributed by atoms with Crippen LogP contribution in [-0.4, -0.2) is 45.6 Å². The van der Waals surface area contributed by atoms with Crippen molar-refractivity contribution in [3.8, 4) is 17.2 Å². The monoisotopic (exact) mass is 494 g/mol. The van der Waals surface area contributed by atoms with Crippen molar-refractivity contribution in [2.75, 3.05) is 25.9 Å². The number of aromatic nitrogens is 3. The predicted octanol–water partition coefficient (Wildman–Crippen LogP) is 4.82. The van der Waals surface area contributed by atoms with E-state index in [1.807, 2.05) is 31.3 Å². The van der Waals surface area contributed by atoms with E-state index in [9.17, 15) is 10.1 Å². The predicted molar refractivity (Wildman–Crippen MR) is 143 cm³/mol. The maximum atomic E-state index is 11.7. The smallest absolute Gasteiger partial charge is 0.337 e. The van der Waals surface area contributed by atoms with Crippen molar-refractivity contribution < 1.29 is 9.53 Å². The van der Waals surface area contributed by atoms with Gasteiger partial charge >= 0.3 is 5.97 Å². The Labute approximate surface area is 216 Å². The molecule has 0 bridgehead atoms. The Bertz CT molecular complexity index is 1490. The number of likely N-dealkylation sites (tertiary alicyclic amines) is 1. The molecule has 0 spiro atoms. The number of anilines is 1. The van der Waals surface area contributed by atoms with Crippen LogP contribution in [0.25, 0.3) is 22.2 Å². The first-order valence-electron chi connectivity index (χ1n) is 12.4. The first kappa shape index (κ1) is 24.5. The third kappa shape index (κ3) is 4.54. The van der Waals surface area contributed by atoms with Gasteiger partial charge in [-0.15, -0.1) is 0 Å². The summed E-state index contributed by atoms with van der Waals surface area (Å²) < 4.78 is 6.96. The molecule has 0 aliphatic carbocycles. The molecule has 4 aromatic rings. The average Bonchev–Trinajstić information content (AvgIpc) is 3.28. The van der Waals surface area contributed by atoms with Crippen LogP contribution in [-0.2, 0) is 11.8 Å². The summed E-state index contributed by atoms with van der Waals surface area (Å²) in [5.74, 6) is 0.494. The molecule has 2 N–H and O–H groups in total. The van der Waals surface area contributed by atoms with E-state index in [1.54, 1.807) is 12.3 Å². The zero-order valence-electron chi connectivity index (χ0n) is 21.3. The second-order valence-electron chi connectivity index (χ2n) is 9.57. The van der Waals surface area contributed by atoms with Crippen molar-refractivity contribution in [2.24, 2.45) is 7.05 Å². The Kier molecular flexibility index (Phi) is 6.64. The Hall–Kier alpha value is -4.22.